The molecule has 2 aromatic heterocycles. The van der Waals surface area contributed by atoms with Crippen LogP contribution in [0, 0.1) is 5.92 Å². The van der Waals surface area contributed by atoms with Crippen molar-refractivity contribution in [1.82, 2.24) is 19.5 Å². The molecule has 2 aromatic rings. The molecule has 3 unspecified atom stereocenters. The lowest BCUT2D eigenvalue weighted by Crippen LogP contribution is -2.55. The quantitative estimate of drug-likeness (QED) is 0.569. The van der Waals surface area contributed by atoms with E-state index in [2.05, 4.69) is 15.0 Å². The van der Waals surface area contributed by atoms with Crippen molar-refractivity contribution in [3.8, 4) is 0 Å². The van der Waals surface area contributed by atoms with E-state index >= 15 is 0 Å². The maximum Gasteiger partial charge on any atom is 0.280 e. The van der Waals surface area contributed by atoms with Gasteiger partial charge in [0.05, 0.1) is 19.5 Å². The van der Waals surface area contributed by atoms with Crippen molar-refractivity contribution in [1.29, 1.82) is 0 Å². The molecule has 0 spiro atoms. The highest BCUT2D eigenvalue weighted by atomic mass is 19.1. The van der Waals surface area contributed by atoms with Crippen LogP contribution in [-0.2, 0) is 0 Å². The number of aliphatic hydroxyl groups is 2. The van der Waals surface area contributed by atoms with Gasteiger partial charge < -0.3 is 20.5 Å². The van der Waals surface area contributed by atoms with E-state index < -0.39 is 36.4 Å². The van der Waals surface area contributed by atoms with Gasteiger partial charge in [-0.15, -0.1) is 0 Å². The minimum atomic E-state index is -1.82. The van der Waals surface area contributed by atoms with Crippen LogP contribution < -0.4 is 11.3 Å². The molecule has 5 N–H and O–H groups in total. The Kier molecular flexibility index (Phi) is 2.76. The van der Waals surface area contributed by atoms with E-state index in [1.807, 2.05) is 0 Å². The summed E-state index contributed by atoms with van der Waals surface area (Å²) in [4.78, 5) is 21.9. The third kappa shape index (κ3) is 1.63. The average molecular weight is 283 g/mol. The van der Waals surface area contributed by atoms with Gasteiger partial charge in [-0.25, -0.2) is 9.37 Å². The zero-order valence-corrected chi connectivity index (χ0v) is 10.5. The number of H-pyrrole nitrogens is 1. The number of imidazole rings is 1. The van der Waals surface area contributed by atoms with Crippen molar-refractivity contribution in [2.45, 2.75) is 18.1 Å². The number of alkyl halides is 1. The Labute approximate surface area is 112 Å². The van der Waals surface area contributed by atoms with Crippen LogP contribution in [0.5, 0.6) is 0 Å². The van der Waals surface area contributed by atoms with Crippen molar-refractivity contribution in [2.75, 3.05) is 18.9 Å². The molecule has 2 heterocycles. The molecule has 0 aromatic carbocycles. The molecule has 1 fully saturated rings. The van der Waals surface area contributed by atoms with Crippen LogP contribution in [0.25, 0.3) is 11.2 Å². The third-order valence-corrected chi connectivity index (χ3v) is 3.94. The standard InChI is InChI=1S/C11H14FN5O3/c12-11(3-19)1-6(5(11)2-18)17-4-14-7-8(17)15-10(13)16-9(7)20/h4-6,18-19H,1-3H2,(H3,13,15,16,20). The summed E-state index contributed by atoms with van der Waals surface area (Å²) in [6.07, 6.45) is 1.39. The Morgan fingerprint density at radius 2 is 2.35 bits per heavy atom. The first-order valence-corrected chi connectivity index (χ1v) is 6.13. The Balaban J connectivity index is 2.06. The number of rotatable bonds is 3. The number of aromatic amines is 1. The van der Waals surface area contributed by atoms with Crippen molar-refractivity contribution < 1.29 is 14.6 Å². The molecule has 0 aliphatic heterocycles. The number of halogens is 1. The maximum absolute atomic E-state index is 14.1. The van der Waals surface area contributed by atoms with Gasteiger partial charge >= 0.3 is 0 Å². The smallest absolute Gasteiger partial charge is 0.280 e. The highest BCUT2D eigenvalue weighted by Gasteiger charge is 2.55. The van der Waals surface area contributed by atoms with E-state index in [-0.39, 0.29) is 23.5 Å². The molecule has 1 saturated carbocycles. The van der Waals surface area contributed by atoms with Gasteiger partial charge in [0.15, 0.2) is 11.2 Å². The van der Waals surface area contributed by atoms with Crippen LogP contribution in [0.4, 0.5) is 10.3 Å². The second-order valence-corrected chi connectivity index (χ2v) is 5.03. The number of hydrogen-bond donors (Lipinski definition) is 4. The van der Waals surface area contributed by atoms with Gasteiger partial charge in [0.1, 0.15) is 5.67 Å². The topological polar surface area (TPSA) is 130 Å². The fourth-order valence-corrected chi connectivity index (χ4v) is 2.77. The molecule has 1 aliphatic rings. The molecule has 0 bridgehead atoms. The molecule has 0 amide bonds. The predicted octanol–water partition coefficient (Wildman–Crippen LogP) is -1.04. The van der Waals surface area contributed by atoms with E-state index in [1.54, 1.807) is 0 Å². The normalized spacial score (nSPS) is 29.6. The average Bonchev–Trinajstić information content (AvgIpc) is 2.79. The van der Waals surface area contributed by atoms with Crippen LogP contribution in [0.3, 0.4) is 0 Å². The second kappa shape index (κ2) is 4.25. The lowest BCUT2D eigenvalue weighted by Gasteiger charge is -2.48. The maximum atomic E-state index is 14.1. The van der Waals surface area contributed by atoms with Gasteiger partial charge in [-0.05, 0) is 0 Å². The summed E-state index contributed by atoms with van der Waals surface area (Å²) >= 11 is 0. The number of nitrogens with two attached hydrogens (primary N) is 1. The van der Waals surface area contributed by atoms with E-state index in [9.17, 15) is 14.3 Å². The Hall–Kier alpha value is -2.00. The van der Waals surface area contributed by atoms with Crippen molar-refractivity contribution in [2.24, 2.45) is 5.92 Å². The fourth-order valence-electron chi connectivity index (χ4n) is 2.77. The van der Waals surface area contributed by atoms with E-state index in [4.69, 9.17) is 10.8 Å². The summed E-state index contributed by atoms with van der Waals surface area (Å²) in [6.45, 7) is -1.07. The molecule has 3 atom stereocenters. The van der Waals surface area contributed by atoms with Crippen molar-refractivity contribution in [3.63, 3.8) is 0 Å². The van der Waals surface area contributed by atoms with E-state index in [1.165, 1.54) is 10.9 Å². The fraction of sp³-hybridized carbons (Fsp3) is 0.545. The van der Waals surface area contributed by atoms with Crippen LogP contribution in [0.2, 0.25) is 0 Å². The van der Waals surface area contributed by atoms with Crippen LogP contribution in [0.1, 0.15) is 12.5 Å². The summed E-state index contributed by atoms with van der Waals surface area (Å²) in [6, 6.07) is -0.421. The second-order valence-electron chi connectivity index (χ2n) is 5.03. The number of nitrogens with zero attached hydrogens (tertiary/aromatic N) is 3. The predicted molar refractivity (Wildman–Crippen MR) is 67.7 cm³/mol. The highest BCUT2D eigenvalue weighted by Crippen LogP contribution is 2.50. The van der Waals surface area contributed by atoms with E-state index in [0.717, 1.165) is 0 Å². The Bertz CT molecular complexity index is 714. The molecule has 0 saturated heterocycles. The van der Waals surface area contributed by atoms with Gasteiger partial charge in [0.2, 0.25) is 5.95 Å². The number of aromatic nitrogens is 4. The van der Waals surface area contributed by atoms with Gasteiger partial charge in [-0.2, -0.15) is 4.98 Å². The monoisotopic (exact) mass is 283 g/mol. The first-order chi connectivity index (χ1) is 9.50. The summed E-state index contributed by atoms with van der Waals surface area (Å²) in [5.74, 6) is -0.829. The van der Waals surface area contributed by atoms with Crippen molar-refractivity contribution >= 4 is 17.1 Å². The number of nitrogens with one attached hydrogen (secondary N) is 1. The largest absolute Gasteiger partial charge is 0.396 e. The number of hydrogen-bond acceptors (Lipinski definition) is 6. The summed E-state index contributed by atoms with van der Waals surface area (Å²) in [5, 5.41) is 18.4. The summed E-state index contributed by atoms with van der Waals surface area (Å²) in [5.41, 5.74) is 3.55. The first kappa shape index (κ1) is 13.0. The van der Waals surface area contributed by atoms with E-state index in [0.29, 0.717) is 0 Å². The van der Waals surface area contributed by atoms with Crippen molar-refractivity contribution in [3.05, 3.63) is 16.7 Å². The SMILES string of the molecule is Nc1nc2c(ncn2C2CC(F)(CO)C2CO)c(=O)[nH]1. The van der Waals surface area contributed by atoms with Gasteiger partial charge in [-0.3, -0.25) is 9.78 Å². The third-order valence-electron chi connectivity index (χ3n) is 3.94. The highest BCUT2D eigenvalue weighted by molar-refractivity contribution is 5.70. The zero-order chi connectivity index (χ0) is 14.5. The molecule has 1 aliphatic carbocycles. The molecule has 0 radical (unpaired) electrons. The summed E-state index contributed by atoms with van der Waals surface area (Å²) in [7, 11) is 0. The number of fused-ring (bicyclic) bond motifs is 1. The van der Waals surface area contributed by atoms with Crippen LogP contribution in [-0.4, -0.2) is 48.6 Å². The Morgan fingerprint density at radius 3 is 3.00 bits per heavy atom. The van der Waals surface area contributed by atoms with Gasteiger partial charge in [0, 0.05) is 18.4 Å². The molecule has 8 nitrogen and oxygen atoms in total. The van der Waals surface area contributed by atoms with Crippen LogP contribution in [0.15, 0.2) is 11.1 Å². The molecular weight excluding hydrogens is 269 g/mol. The number of nitrogen functional groups attached to an aromatic ring is 1. The molecule has 3 rings (SSSR count). The van der Waals surface area contributed by atoms with Gasteiger partial charge in [0.25, 0.3) is 5.56 Å². The molecule has 9 heteroatoms. The number of aliphatic hydroxyl groups excluding tert-OH is 2. The number of anilines is 1. The minimum absolute atomic E-state index is 0.0224. The lowest BCUT2D eigenvalue weighted by atomic mass is 9.67. The molecule has 20 heavy (non-hydrogen) atoms. The molecule has 108 valence electrons. The zero-order valence-electron chi connectivity index (χ0n) is 10.5. The Morgan fingerprint density at radius 1 is 1.60 bits per heavy atom. The molecular formula is C11H14FN5O3. The first-order valence-electron chi connectivity index (χ1n) is 6.13. The van der Waals surface area contributed by atoms with Crippen LogP contribution >= 0.6 is 0 Å². The van der Waals surface area contributed by atoms with Gasteiger partial charge in [-0.1, -0.05) is 0 Å². The lowest BCUT2D eigenvalue weighted by molar-refractivity contribution is -0.116. The minimum Gasteiger partial charge on any atom is -0.396 e. The summed E-state index contributed by atoms with van der Waals surface area (Å²) < 4.78 is 15.7.